The fraction of sp³-hybridized carbons (Fsp3) is 0.283. The molecule has 7 aromatic rings. The van der Waals surface area contributed by atoms with Crippen LogP contribution in [0.3, 0.4) is 0 Å². The molecule has 1 atom stereocenters. The van der Waals surface area contributed by atoms with Gasteiger partial charge in [-0.2, -0.15) is 0 Å². The number of hydrogen-bond acceptors (Lipinski definition) is 1. The zero-order valence-electron chi connectivity index (χ0n) is 41.1. The Kier molecular flexibility index (Phi) is 12.7. The molecule has 3 aromatic heterocycles. The zero-order chi connectivity index (χ0) is 48.8. The molecule has 8 bridgehead atoms. The molecule has 1 unspecified atom stereocenters. The highest BCUT2D eigenvalue weighted by molar-refractivity contribution is 9.11. The predicted octanol–water partition coefficient (Wildman–Crippen LogP) is 16.3. The highest BCUT2D eigenvalue weighted by Gasteiger charge is 2.30. The van der Waals surface area contributed by atoms with Crippen LogP contribution < -0.4 is 10.7 Å². The third kappa shape index (κ3) is 9.32. The fourth-order valence-corrected chi connectivity index (χ4v) is 12.2. The summed E-state index contributed by atoms with van der Waals surface area (Å²) in [6.07, 6.45) is 4.38. The van der Waals surface area contributed by atoms with Crippen LogP contribution in [0.25, 0.3) is 16.7 Å². The molecule has 0 fully saturated rings. The fourth-order valence-electron chi connectivity index (χ4n) is 9.36. The van der Waals surface area contributed by atoms with Gasteiger partial charge in [-0.25, -0.2) is 4.99 Å². The van der Waals surface area contributed by atoms with Gasteiger partial charge in [0.15, 0.2) is 0 Å². The number of rotatable bonds is 4. The van der Waals surface area contributed by atoms with E-state index in [1.165, 1.54) is 22.3 Å². The van der Waals surface area contributed by atoms with Crippen LogP contribution in [0.5, 0.6) is 0 Å². The van der Waals surface area contributed by atoms with Gasteiger partial charge in [0.1, 0.15) is 0 Å². The van der Waals surface area contributed by atoms with E-state index < -0.39 is 0 Å². The van der Waals surface area contributed by atoms with Crippen LogP contribution in [-0.2, 0) is 21.7 Å². The summed E-state index contributed by atoms with van der Waals surface area (Å²) in [7, 11) is 0. The topological polar surface area (TPSA) is 59.7 Å². The minimum Gasteiger partial charge on any atom is -0.357 e. The summed E-state index contributed by atoms with van der Waals surface area (Å²) in [6.45, 7) is 27.6. The Bertz CT molecular complexity index is 3270. The molecular formula is C60H60Br4N4. The summed E-state index contributed by atoms with van der Waals surface area (Å²) in [6, 6.07) is 40.4. The number of halogens is 4. The number of H-pyrrole nitrogens is 3. The SMILES string of the molecule is CC(C)(C)c1cc(C2=C3C=CC(=N3)C(c3c(Br)cccc3Br)=c3ccc([nH]3)=C(c3cc(C(C)(C)C)cc(C(C)(C)C)c3)c3ccc([nH]3)C(c3c(Br)cccc3Br)c3ccc2[nH]3)cc(C(C)(C)C)c1. The second-order valence-electron chi connectivity index (χ2n) is 22.5. The van der Waals surface area contributed by atoms with Crippen LogP contribution in [0.4, 0.5) is 0 Å². The van der Waals surface area contributed by atoms with Crippen molar-refractivity contribution in [2.24, 2.45) is 4.99 Å². The molecule has 0 spiro atoms. The van der Waals surface area contributed by atoms with E-state index in [2.05, 4.69) is 283 Å². The summed E-state index contributed by atoms with van der Waals surface area (Å²) in [5, 5.41) is 1.96. The van der Waals surface area contributed by atoms with Crippen LogP contribution >= 0.6 is 63.7 Å². The Morgan fingerprint density at radius 2 is 0.838 bits per heavy atom. The number of aliphatic imine (C=N–C) groups is 1. The summed E-state index contributed by atoms with van der Waals surface area (Å²) in [5.74, 6) is -0.204. The van der Waals surface area contributed by atoms with E-state index in [1.54, 1.807) is 0 Å². The molecule has 3 N–H and O–H groups in total. The first-order valence-corrected chi connectivity index (χ1v) is 26.6. The molecule has 0 aliphatic carbocycles. The lowest BCUT2D eigenvalue weighted by Crippen LogP contribution is -2.21. The first kappa shape index (κ1) is 48.5. The van der Waals surface area contributed by atoms with E-state index in [0.717, 1.165) is 102 Å². The van der Waals surface area contributed by atoms with Crippen molar-refractivity contribution in [1.82, 2.24) is 15.0 Å². The van der Waals surface area contributed by atoms with E-state index in [1.807, 2.05) is 0 Å². The lowest BCUT2D eigenvalue weighted by atomic mass is 9.78. The van der Waals surface area contributed by atoms with Gasteiger partial charge in [-0.15, -0.1) is 0 Å². The molecule has 348 valence electrons. The predicted molar refractivity (Wildman–Crippen MR) is 301 cm³/mol. The van der Waals surface area contributed by atoms with Crippen molar-refractivity contribution in [3.8, 4) is 0 Å². The molecule has 68 heavy (non-hydrogen) atoms. The minimum absolute atomic E-state index is 0.0782. The molecule has 0 radical (unpaired) electrons. The number of nitrogens with one attached hydrogen (secondary N) is 3. The average Bonchev–Trinajstić information content (AvgIpc) is 4.09. The molecule has 4 nitrogen and oxygen atoms in total. The highest BCUT2D eigenvalue weighted by Crippen LogP contribution is 2.44. The van der Waals surface area contributed by atoms with Crippen LogP contribution in [0.15, 0.2) is 150 Å². The second-order valence-corrected chi connectivity index (χ2v) is 26.0. The second kappa shape index (κ2) is 17.7. The molecule has 0 amide bonds. The third-order valence-corrected chi connectivity index (χ3v) is 16.1. The minimum atomic E-state index is -0.204. The van der Waals surface area contributed by atoms with Crippen LogP contribution in [0, 0.1) is 0 Å². The van der Waals surface area contributed by atoms with Crippen molar-refractivity contribution >= 4 is 86.2 Å². The van der Waals surface area contributed by atoms with Gasteiger partial charge < -0.3 is 15.0 Å². The summed E-state index contributed by atoms with van der Waals surface area (Å²) >= 11 is 16.0. The van der Waals surface area contributed by atoms with Gasteiger partial charge in [-0.3, -0.25) is 0 Å². The maximum atomic E-state index is 5.68. The molecular weight excluding hydrogens is 1100 g/mol. The van der Waals surface area contributed by atoms with Crippen LogP contribution in [-0.4, -0.2) is 20.7 Å². The smallest absolute Gasteiger partial charge is 0.0738 e. The zero-order valence-corrected chi connectivity index (χ0v) is 47.4. The quantitative estimate of drug-likeness (QED) is 0.157. The number of allylic oxidation sites excluding steroid dienone is 2. The van der Waals surface area contributed by atoms with Crippen LogP contribution in [0.1, 0.15) is 156 Å². The van der Waals surface area contributed by atoms with Gasteiger partial charge in [0.25, 0.3) is 0 Å². The molecule has 9 rings (SSSR count). The molecule has 0 saturated heterocycles. The molecule has 4 aromatic carbocycles. The van der Waals surface area contributed by atoms with E-state index in [4.69, 9.17) is 4.99 Å². The molecule has 0 saturated carbocycles. The lowest BCUT2D eigenvalue weighted by molar-refractivity contribution is 0.567. The summed E-state index contributed by atoms with van der Waals surface area (Å²) in [5.41, 5.74) is 18.3. The average molecular weight is 1160 g/mol. The highest BCUT2D eigenvalue weighted by atomic mass is 79.9. The van der Waals surface area contributed by atoms with Gasteiger partial charge in [0.2, 0.25) is 0 Å². The normalized spacial score (nSPS) is 15.7. The van der Waals surface area contributed by atoms with E-state index >= 15 is 0 Å². The Morgan fingerprint density at radius 1 is 0.426 bits per heavy atom. The number of fused-ring (bicyclic) bond motifs is 7. The van der Waals surface area contributed by atoms with Gasteiger partial charge >= 0.3 is 0 Å². The Labute approximate surface area is 436 Å². The van der Waals surface area contributed by atoms with E-state index in [0.29, 0.717) is 0 Å². The van der Waals surface area contributed by atoms with Gasteiger partial charge in [0, 0.05) is 73.6 Å². The van der Waals surface area contributed by atoms with Crippen molar-refractivity contribution < 1.29 is 0 Å². The number of hydrogen-bond donors (Lipinski definition) is 3. The number of aromatic amines is 3. The Hall–Kier alpha value is -4.47. The van der Waals surface area contributed by atoms with Gasteiger partial charge in [-0.1, -0.05) is 195 Å². The Balaban J connectivity index is 1.46. The van der Waals surface area contributed by atoms with Gasteiger partial charge in [-0.05, 0) is 133 Å². The molecule has 8 heteroatoms. The standard InChI is InChI=1S/C60H60Br4N4/c1-57(2,3)35-27-33(28-36(31-35)58(4,5)6)51-43-19-23-47(65-43)55(53-39(61)15-13-16-40(53)62)49-25-21-45(67-49)52(34-29-37(59(7,8)9)32-38(30-34)60(10,11)12)46-22-26-50(68-46)56(48-24-20-44(51)66-48)54-41(63)17-14-18-42(54)64/h13-32,55,65-67H,1-12H3. The molecule has 5 heterocycles. The maximum Gasteiger partial charge on any atom is 0.0738 e. The number of aromatic nitrogens is 3. The Morgan fingerprint density at radius 3 is 1.29 bits per heavy atom. The van der Waals surface area contributed by atoms with Crippen molar-refractivity contribution in [2.75, 3.05) is 0 Å². The summed E-state index contributed by atoms with van der Waals surface area (Å²) < 4.78 is 3.98. The lowest BCUT2D eigenvalue weighted by Gasteiger charge is -2.27. The van der Waals surface area contributed by atoms with Crippen molar-refractivity contribution in [2.45, 2.75) is 111 Å². The van der Waals surface area contributed by atoms with Crippen molar-refractivity contribution in [1.29, 1.82) is 0 Å². The monoisotopic (exact) mass is 1150 g/mol. The summed E-state index contributed by atoms with van der Waals surface area (Å²) in [4.78, 5) is 17.8. The van der Waals surface area contributed by atoms with Gasteiger partial charge in [0.05, 0.1) is 17.3 Å². The first-order valence-electron chi connectivity index (χ1n) is 23.4. The molecule has 2 aliphatic rings. The van der Waals surface area contributed by atoms with Crippen LogP contribution in [0.2, 0.25) is 0 Å². The van der Waals surface area contributed by atoms with E-state index in [9.17, 15) is 0 Å². The number of nitrogens with zero attached hydrogens (tertiary/aromatic N) is 1. The first-order chi connectivity index (χ1) is 31.9. The van der Waals surface area contributed by atoms with Crippen molar-refractivity contribution in [3.63, 3.8) is 0 Å². The number of benzene rings is 4. The third-order valence-electron chi connectivity index (χ3n) is 13.4. The van der Waals surface area contributed by atoms with Crippen molar-refractivity contribution in [3.05, 3.63) is 223 Å². The maximum absolute atomic E-state index is 5.68. The van der Waals surface area contributed by atoms with E-state index in [-0.39, 0.29) is 27.6 Å². The molecule has 2 aliphatic heterocycles. The largest absolute Gasteiger partial charge is 0.357 e.